The van der Waals surface area contributed by atoms with Gasteiger partial charge in [-0.05, 0) is 30.7 Å². The van der Waals surface area contributed by atoms with Crippen molar-refractivity contribution in [2.45, 2.75) is 11.8 Å². The number of aromatic hydroxyl groups is 1. The summed E-state index contributed by atoms with van der Waals surface area (Å²) in [7, 11) is -3.86. The van der Waals surface area contributed by atoms with Crippen LogP contribution in [0.5, 0.6) is 5.75 Å². The summed E-state index contributed by atoms with van der Waals surface area (Å²) in [5, 5.41) is 18.4. The fraction of sp³-hybridized carbons (Fsp3) is 0.0769. The number of hydrogen-bond donors (Lipinski definition) is 2. The molecule has 0 unspecified atom stereocenters. The average Bonchev–Trinajstić information content (AvgIpc) is 2.44. The molecule has 102 valence electrons. The molecule has 2 aromatic rings. The highest BCUT2D eigenvalue weighted by atomic mass is 32.2. The first-order valence-corrected chi connectivity index (χ1v) is 7.10. The van der Waals surface area contributed by atoms with Gasteiger partial charge in [-0.1, -0.05) is 12.1 Å². The average molecular weight is 289 g/mol. The predicted octanol–water partition coefficient (Wildman–Crippen LogP) is 1.77. The normalized spacial score (nSPS) is 10.8. The maximum atomic E-state index is 12.1. The zero-order valence-corrected chi connectivity index (χ0v) is 11.3. The Morgan fingerprint density at radius 3 is 2.65 bits per heavy atom. The van der Waals surface area contributed by atoms with E-state index in [0.29, 0.717) is 5.56 Å². The summed E-state index contributed by atoms with van der Waals surface area (Å²) in [6.07, 6.45) is 1.09. The number of rotatable bonds is 3. The molecule has 2 N–H and O–H groups in total. The highest BCUT2D eigenvalue weighted by Crippen LogP contribution is 2.28. The number of aryl methyl sites for hydroxylation is 1. The number of hydrogen-bond acceptors (Lipinski definition) is 5. The van der Waals surface area contributed by atoms with E-state index >= 15 is 0 Å². The van der Waals surface area contributed by atoms with E-state index < -0.39 is 10.0 Å². The van der Waals surface area contributed by atoms with Crippen LogP contribution in [0.15, 0.2) is 41.4 Å². The van der Waals surface area contributed by atoms with E-state index in [1.807, 2.05) is 0 Å². The first-order chi connectivity index (χ1) is 9.44. The molecule has 2 rings (SSSR count). The minimum absolute atomic E-state index is 0.0857. The van der Waals surface area contributed by atoms with Crippen molar-refractivity contribution in [2.24, 2.45) is 0 Å². The van der Waals surface area contributed by atoms with Gasteiger partial charge in [0, 0.05) is 6.20 Å². The Bertz CT molecular complexity index is 777. The zero-order chi connectivity index (χ0) is 14.8. The molecule has 20 heavy (non-hydrogen) atoms. The lowest BCUT2D eigenvalue weighted by atomic mass is 10.2. The third-order valence-electron chi connectivity index (χ3n) is 2.64. The van der Waals surface area contributed by atoms with E-state index in [1.165, 1.54) is 18.2 Å². The van der Waals surface area contributed by atoms with Crippen LogP contribution in [0.4, 0.5) is 5.69 Å². The number of aromatic nitrogens is 1. The van der Waals surface area contributed by atoms with Crippen LogP contribution in [-0.2, 0) is 10.0 Å². The van der Waals surface area contributed by atoms with Crippen LogP contribution in [0.2, 0.25) is 0 Å². The summed E-state index contributed by atoms with van der Waals surface area (Å²) in [4.78, 5) is 3.62. The maximum Gasteiger partial charge on any atom is 0.263 e. The van der Waals surface area contributed by atoms with E-state index in [1.54, 1.807) is 25.1 Å². The molecule has 0 spiro atoms. The molecule has 0 fully saturated rings. The second kappa shape index (κ2) is 5.19. The molecular weight excluding hydrogens is 278 g/mol. The Balaban J connectivity index is 2.36. The molecule has 0 aliphatic heterocycles. The smallest absolute Gasteiger partial charge is 0.263 e. The van der Waals surface area contributed by atoms with Crippen molar-refractivity contribution in [2.75, 3.05) is 4.72 Å². The monoisotopic (exact) mass is 289 g/mol. The summed E-state index contributed by atoms with van der Waals surface area (Å²) in [6.45, 7) is 1.66. The molecule has 0 radical (unpaired) electrons. The summed E-state index contributed by atoms with van der Waals surface area (Å²) < 4.78 is 26.5. The summed E-state index contributed by atoms with van der Waals surface area (Å²) in [5.41, 5.74) is 0.778. The van der Waals surface area contributed by atoms with Gasteiger partial charge < -0.3 is 5.11 Å². The molecule has 6 nitrogen and oxygen atoms in total. The van der Waals surface area contributed by atoms with Gasteiger partial charge in [0.05, 0.1) is 5.69 Å². The Labute approximate surface area is 116 Å². The predicted molar refractivity (Wildman–Crippen MR) is 72.6 cm³/mol. The molecule has 0 amide bonds. The number of para-hydroxylation sites is 1. The van der Waals surface area contributed by atoms with Crippen LogP contribution in [0, 0.1) is 18.3 Å². The van der Waals surface area contributed by atoms with Crippen molar-refractivity contribution in [3.63, 3.8) is 0 Å². The lowest BCUT2D eigenvalue weighted by Gasteiger charge is -2.10. The van der Waals surface area contributed by atoms with Crippen LogP contribution in [0.1, 0.15) is 11.3 Å². The summed E-state index contributed by atoms with van der Waals surface area (Å²) >= 11 is 0. The number of nitrogens with zero attached hydrogens (tertiary/aromatic N) is 2. The molecule has 0 aliphatic carbocycles. The SMILES string of the molecule is Cc1cccc(NS(=O)(=O)c2ccc(C#N)nc2)c1O. The third kappa shape index (κ3) is 2.70. The van der Waals surface area contributed by atoms with E-state index in [2.05, 4.69) is 9.71 Å². The zero-order valence-electron chi connectivity index (χ0n) is 10.5. The highest BCUT2D eigenvalue weighted by molar-refractivity contribution is 7.92. The van der Waals surface area contributed by atoms with Gasteiger partial charge in [0.25, 0.3) is 10.0 Å². The largest absolute Gasteiger partial charge is 0.505 e. The Morgan fingerprint density at radius 2 is 2.05 bits per heavy atom. The Hall–Kier alpha value is -2.59. The van der Waals surface area contributed by atoms with Gasteiger partial charge in [0.2, 0.25) is 0 Å². The van der Waals surface area contributed by atoms with Gasteiger partial charge in [-0.15, -0.1) is 0 Å². The molecule has 0 aliphatic rings. The lowest BCUT2D eigenvalue weighted by molar-refractivity contribution is 0.473. The van der Waals surface area contributed by atoms with Crippen molar-refractivity contribution in [3.05, 3.63) is 47.8 Å². The Kier molecular flexibility index (Phi) is 3.59. The van der Waals surface area contributed by atoms with Gasteiger partial charge in [-0.2, -0.15) is 5.26 Å². The molecule has 0 bridgehead atoms. The highest BCUT2D eigenvalue weighted by Gasteiger charge is 2.17. The quantitative estimate of drug-likeness (QED) is 0.838. The first-order valence-electron chi connectivity index (χ1n) is 5.61. The topological polar surface area (TPSA) is 103 Å². The minimum atomic E-state index is -3.86. The van der Waals surface area contributed by atoms with Gasteiger partial charge in [-0.25, -0.2) is 13.4 Å². The van der Waals surface area contributed by atoms with Gasteiger partial charge in [0.1, 0.15) is 22.4 Å². The van der Waals surface area contributed by atoms with Crippen molar-refractivity contribution in [1.82, 2.24) is 4.98 Å². The van der Waals surface area contributed by atoms with Gasteiger partial charge >= 0.3 is 0 Å². The summed E-state index contributed by atoms with van der Waals surface area (Å²) in [6, 6.07) is 9.14. The maximum absolute atomic E-state index is 12.1. The van der Waals surface area contributed by atoms with E-state index in [0.717, 1.165) is 6.20 Å². The summed E-state index contributed by atoms with van der Waals surface area (Å²) in [5.74, 6) is -0.127. The van der Waals surface area contributed by atoms with E-state index in [4.69, 9.17) is 5.26 Å². The van der Waals surface area contributed by atoms with E-state index in [9.17, 15) is 13.5 Å². The second-order valence-corrected chi connectivity index (χ2v) is 5.75. The number of pyridine rings is 1. The molecule has 7 heteroatoms. The van der Waals surface area contributed by atoms with Crippen LogP contribution < -0.4 is 4.72 Å². The molecule has 0 saturated carbocycles. The third-order valence-corrected chi connectivity index (χ3v) is 3.99. The van der Waals surface area contributed by atoms with Crippen molar-refractivity contribution < 1.29 is 13.5 Å². The van der Waals surface area contributed by atoms with Gasteiger partial charge in [0.15, 0.2) is 0 Å². The lowest BCUT2D eigenvalue weighted by Crippen LogP contribution is -2.13. The van der Waals surface area contributed by atoms with Crippen LogP contribution in [0.3, 0.4) is 0 Å². The second-order valence-electron chi connectivity index (χ2n) is 4.07. The Morgan fingerprint density at radius 1 is 1.30 bits per heavy atom. The van der Waals surface area contributed by atoms with E-state index in [-0.39, 0.29) is 22.0 Å². The van der Waals surface area contributed by atoms with Gasteiger partial charge in [-0.3, -0.25) is 4.72 Å². The molecule has 0 saturated heterocycles. The fourth-order valence-corrected chi connectivity index (χ4v) is 2.56. The van der Waals surface area contributed by atoms with Crippen LogP contribution in [0.25, 0.3) is 0 Å². The molecule has 0 atom stereocenters. The number of phenols is 1. The number of anilines is 1. The number of sulfonamides is 1. The number of nitrogens with one attached hydrogen (secondary N) is 1. The molecule has 1 aromatic carbocycles. The number of nitriles is 1. The van der Waals surface area contributed by atoms with Crippen molar-refractivity contribution in [3.8, 4) is 11.8 Å². The molecular formula is C13H11N3O3S. The standard InChI is InChI=1S/C13H11N3O3S/c1-9-3-2-4-12(13(9)17)16-20(18,19)11-6-5-10(7-14)15-8-11/h2-6,8,16-17H,1H3. The number of phenolic OH excluding ortho intramolecular Hbond substituents is 1. The first kappa shape index (κ1) is 13.8. The molecule has 1 heterocycles. The minimum Gasteiger partial charge on any atom is -0.505 e. The molecule has 1 aromatic heterocycles. The van der Waals surface area contributed by atoms with Crippen LogP contribution in [-0.4, -0.2) is 18.5 Å². The van der Waals surface area contributed by atoms with Crippen LogP contribution >= 0.6 is 0 Å². The van der Waals surface area contributed by atoms with Crippen molar-refractivity contribution >= 4 is 15.7 Å². The fourth-order valence-electron chi connectivity index (χ4n) is 1.55. The number of benzene rings is 1. The van der Waals surface area contributed by atoms with Crippen molar-refractivity contribution in [1.29, 1.82) is 5.26 Å².